The zero-order chi connectivity index (χ0) is 19.4. The van der Waals surface area contributed by atoms with Crippen molar-refractivity contribution in [1.29, 1.82) is 0 Å². The number of rotatable bonds is 7. The maximum atomic E-state index is 12.7. The molecule has 1 fully saturated rings. The lowest BCUT2D eigenvalue weighted by atomic mass is 9.53. The number of ether oxygens (including phenoxy) is 1. The van der Waals surface area contributed by atoms with E-state index in [9.17, 15) is 19.2 Å². The molecular weight excluding hydrogens is 334 g/mol. The van der Waals surface area contributed by atoms with Gasteiger partial charge in [0, 0.05) is 18.4 Å². The van der Waals surface area contributed by atoms with Crippen LogP contribution in [0.5, 0.6) is 0 Å². The second-order valence-electron chi connectivity index (χ2n) is 7.01. The summed E-state index contributed by atoms with van der Waals surface area (Å²) < 4.78 is 5.22. The fourth-order valence-corrected chi connectivity index (χ4v) is 3.59. The van der Waals surface area contributed by atoms with Gasteiger partial charge < -0.3 is 10.1 Å². The van der Waals surface area contributed by atoms with Gasteiger partial charge in [0.25, 0.3) is 0 Å². The fraction of sp³-hybridized carbons (Fsp3) is 0.500. The van der Waals surface area contributed by atoms with Gasteiger partial charge in [-0.05, 0) is 33.3 Å². The van der Waals surface area contributed by atoms with Crippen LogP contribution in [0.4, 0.5) is 0 Å². The lowest BCUT2D eigenvalue weighted by molar-refractivity contribution is -0.179. The van der Waals surface area contributed by atoms with Crippen LogP contribution in [0.1, 0.15) is 33.3 Å². The highest BCUT2D eigenvalue weighted by molar-refractivity contribution is 6.01. The van der Waals surface area contributed by atoms with Crippen LogP contribution < -0.4 is 5.32 Å². The predicted molar refractivity (Wildman–Crippen MR) is 94.8 cm³/mol. The van der Waals surface area contributed by atoms with Crippen LogP contribution >= 0.6 is 0 Å². The summed E-state index contributed by atoms with van der Waals surface area (Å²) in [5.41, 5.74) is 0.906. The monoisotopic (exact) mass is 359 g/mol. The van der Waals surface area contributed by atoms with Crippen LogP contribution in [0, 0.1) is 23.7 Å². The smallest absolute Gasteiger partial charge is 0.310 e. The highest BCUT2D eigenvalue weighted by Gasteiger charge is 2.61. The Morgan fingerprint density at radius 3 is 1.96 bits per heavy atom. The number of nitrogens with one attached hydrogen (secondary N) is 1. The molecule has 0 aliphatic heterocycles. The van der Waals surface area contributed by atoms with E-state index in [2.05, 4.69) is 5.32 Å². The predicted octanol–water partition coefficient (Wildman–Crippen LogP) is 1.91. The van der Waals surface area contributed by atoms with Crippen molar-refractivity contribution in [3.8, 4) is 0 Å². The first kappa shape index (κ1) is 19.8. The molecule has 0 bridgehead atoms. The van der Waals surface area contributed by atoms with E-state index in [4.69, 9.17) is 4.74 Å². The molecule has 0 spiro atoms. The molecule has 0 radical (unpaired) electrons. The highest BCUT2D eigenvalue weighted by atomic mass is 16.5. The zero-order valence-electron chi connectivity index (χ0n) is 15.5. The van der Waals surface area contributed by atoms with E-state index in [1.54, 1.807) is 13.8 Å². The van der Waals surface area contributed by atoms with Crippen LogP contribution in [0.3, 0.4) is 0 Å². The first-order chi connectivity index (χ1) is 12.2. The van der Waals surface area contributed by atoms with E-state index >= 15 is 0 Å². The maximum absolute atomic E-state index is 12.7. The standard InChI is InChI=1S/C20H25NO5/c1-11(2)26-20(25)18-16(13(4)23)15(12(3)22)17(18)19(24)21-10-14-8-6-5-7-9-14/h5-9,11,15-18H,10H2,1-4H3,(H,21,24)/t15-,16-,17+,18-/m1/s1. The Morgan fingerprint density at radius 1 is 0.923 bits per heavy atom. The van der Waals surface area contributed by atoms with Gasteiger partial charge >= 0.3 is 5.97 Å². The Bertz CT molecular complexity index is 697. The topological polar surface area (TPSA) is 89.5 Å². The molecule has 6 heteroatoms. The minimum Gasteiger partial charge on any atom is -0.463 e. The quantitative estimate of drug-likeness (QED) is 0.751. The third kappa shape index (κ3) is 4.18. The molecule has 0 heterocycles. The number of benzene rings is 1. The number of esters is 1. The number of ketones is 2. The lowest BCUT2D eigenvalue weighted by Gasteiger charge is -2.47. The first-order valence-corrected chi connectivity index (χ1v) is 8.77. The van der Waals surface area contributed by atoms with Gasteiger partial charge in [-0.3, -0.25) is 19.2 Å². The Hall–Kier alpha value is -2.50. The summed E-state index contributed by atoms with van der Waals surface area (Å²) in [7, 11) is 0. The molecule has 1 aliphatic carbocycles. The van der Waals surface area contributed by atoms with Crippen molar-refractivity contribution >= 4 is 23.4 Å². The zero-order valence-corrected chi connectivity index (χ0v) is 15.5. The molecule has 1 saturated carbocycles. The number of Topliss-reactive ketones (excluding diaryl/α,β-unsaturated/α-hetero) is 2. The van der Waals surface area contributed by atoms with Gasteiger partial charge in [0.2, 0.25) is 5.91 Å². The van der Waals surface area contributed by atoms with E-state index in [1.807, 2.05) is 30.3 Å². The summed E-state index contributed by atoms with van der Waals surface area (Å²) in [6.45, 7) is 6.38. The summed E-state index contributed by atoms with van der Waals surface area (Å²) >= 11 is 0. The molecular formula is C20H25NO5. The maximum Gasteiger partial charge on any atom is 0.310 e. The van der Waals surface area contributed by atoms with Gasteiger partial charge in [-0.2, -0.15) is 0 Å². The third-order valence-electron chi connectivity index (χ3n) is 4.72. The van der Waals surface area contributed by atoms with Gasteiger partial charge in [0.15, 0.2) is 0 Å². The summed E-state index contributed by atoms with van der Waals surface area (Å²) in [6.07, 6.45) is -0.362. The van der Waals surface area contributed by atoms with E-state index in [0.717, 1.165) is 5.56 Å². The third-order valence-corrected chi connectivity index (χ3v) is 4.72. The van der Waals surface area contributed by atoms with Crippen molar-refractivity contribution in [2.45, 2.75) is 40.3 Å². The van der Waals surface area contributed by atoms with Crippen LogP contribution in [0.25, 0.3) is 0 Å². The van der Waals surface area contributed by atoms with Gasteiger partial charge in [-0.15, -0.1) is 0 Å². The van der Waals surface area contributed by atoms with Gasteiger partial charge in [-0.25, -0.2) is 0 Å². The van der Waals surface area contributed by atoms with Gasteiger partial charge in [0.1, 0.15) is 11.6 Å². The SMILES string of the molecule is CC(=O)[C@@H]1[C@@H](C(C)=O)[C@@H](C(=O)OC(C)C)[C@H]1C(=O)NCc1ccccc1. The molecule has 4 atom stereocenters. The van der Waals surface area contributed by atoms with E-state index in [-0.39, 0.29) is 24.2 Å². The summed E-state index contributed by atoms with van der Waals surface area (Å²) in [4.78, 5) is 49.2. The minimum absolute atomic E-state index is 0.265. The van der Waals surface area contributed by atoms with Gasteiger partial charge in [0.05, 0.1) is 17.9 Å². The van der Waals surface area contributed by atoms with Crippen molar-refractivity contribution in [2.75, 3.05) is 0 Å². The molecule has 26 heavy (non-hydrogen) atoms. The Kier molecular flexibility index (Phi) is 6.29. The van der Waals surface area contributed by atoms with Crippen molar-refractivity contribution < 1.29 is 23.9 Å². The summed E-state index contributed by atoms with van der Waals surface area (Å²) in [5, 5.41) is 2.77. The molecule has 0 unspecified atom stereocenters. The van der Waals surface area contributed by atoms with Crippen LogP contribution in [0.2, 0.25) is 0 Å². The molecule has 0 saturated heterocycles. The van der Waals surface area contributed by atoms with Crippen LogP contribution in [-0.2, 0) is 30.5 Å². The Labute approximate surface area is 153 Å². The van der Waals surface area contributed by atoms with Crippen molar-refractivity contribution in [1.82, 2.24) is 5.32 Å². The molecule has 140 valence electrons. The Morgan fingerprint density at radius 2 is 1.46 bits per heavy atom. The van der Waals surface area contributed by atoms with E-state index < -0.39 is 35.5 Å². The molecule has 1 aromatic rings. The molecule has 1 N–H and O–H groups in total. The van der Waals surface area contributed by atoms with E-state index in [1.165, 1.54) is 13.8 Å². The number of amides is 1. The van der Waals surface area contributed by atoms with Crippen molar-refractivity contribution in [2.24, 2.45) is 23.7 Å². The molecule has 1 aliphatic rings. The fourth-order valence-electron chi connectivity index (χ4n) is 3.59. The number of carbonyl (C=O) groups excluding carboxylic acids is 4. The number of hydrogen-bond donors (Lipinski definition) is 1. The van der Waals surface area contributed by atoms with Crippen LogP contribution in [0.15, 0.2) is 30.3 Å². The number of carbonyl (C=O) groups is 4. The molecule has 1 amide bonds. The first-order valence-electron chi connectivity index (χ1n) is 8.77. The van der Waals surface area contributed by atoms with Crippen molar-refractivity contribution in [3.63, 3.8) is 0 Å². The second-order valence-corrected chi connectivity index (χ2v) is 7.01. The minimum atomic E-state index is -0.917. The Balaban J connectivity index is 2.19. The van der Waals surface area contributed by atoms with Crippen LogP contribution in [-0.4, -0.2) is 29.5 Å². The van der Waals surface area contributed by atoms with E-state index in [0.29, 0.717) is 0 Å². The lowest BCUT2D eigenvalue weighted by Crippen LogP contribution is -2.61. The number of hydrogen-bond acceptors (Lipinski definition) is 5. The largest absolute Gasteiger partial charge is 0.463 e. The summed E-state index contributed by atoms with van der Waals surface area (Å²) in [5.74, 6) is -4.92. The molecule has 0 aromatic heterocycles. The molecule has 1 aromatic carbocycles. The normalized spacial score (nSPS) is 24.5. The average Bonchev–Trinajstić information content (AvgIpc) is 2.51. The highest BCUT2D eigenvalue weighted by Crippen LogP contribution is 2.48. The van der Waals surface area contributed by atoms with Crippen molar-refractivity contribution in [3.05, 3.63) is 35.9 Å². The molecule has 2 rings (SSSR count). The van der Waals surface area contributed by atoms with Gasteiger partial charge in [-0.1, -0.05) is 30.3 Å². The molecule has 6 nitrogen and oxygen atoms in total. The second kappa shape index (κ2) is 8.25. The summed E-state index contributed by atoms with van der Waals surface area (Å²) in [6, 6.07) is 9.33. The average molecular weight is 359 g/mol.